The van der Waals surface area contributed by atoms with Gasteiger partial charge in [0.15, 0.2) is 0 Å². The van der Waals surface area contributed by atoms with Crippen LogP contribution in [0.1, 0.15) is 57.2 Å². The van der Waals surface area contributed by atoms with Crippen LogP contribution in [0.25, 0.3) is 22.2 Å². The molecule has 2 aliphatic rings. The van der Waals surface area contributed by atoms with Crippen molar-refractivity contribution in [3.05, 3.63) is 72.2 Å². The molecule has 1 aromatic carbocycles. The van der Waals surface area contributed by atoms with Crippen LogP contribution in [0.2, 0.25) is 0 Å². The number of nitrogens with one attached hydrogen (secondary N) is 1. The Kier molecular flexibility index (Phi) is 5.71. The van der Waals surface area contributed by atoms with Gasteiger partial charge in [-0.2, -0.15) is 5.10 Å². The van der Waals surface area contributed by atoms with Gasteiger partial charge >= 0.3 is 0 Å². The number of anilines is 1. The molecule has 0 amide bonds. The standard InChI is InChI=1S/C28H30F2N6/c1-28(2)15-20(9-12-32-28)36-17-18(16-33-36)21-10-11-31-24-7-8-26(34-27(21)24)35-13-3-4-25(35)22-14-19(29)5-6-23(22)30/h5-8,10-11,14,16-17,20,25,32H,3-4,9,12-13,15H2,1-2H3/t20?,25-/m1/s1. The van der Waals surface area contributed by atoms with Gasteiger partial charge in [0.2, 0.25) is 0 Å². The van der Waals surface area contributed by atoms with Crippen molar-refractivity contribution in [1.82, 2.24) is 25.1 Å². The highest BCUT2D eigenvalue weighted by Gasteiger charge is 2.31. The van der Waals surface area contributed by atoms with Crippen LogP contribution in [0.15, 0.2) is 55.0 Å². The van der Waals surface area contributed by atoms with Gasteiger partial charge in [-0.05, 0) is 82.5 Å². The maximum atomic E-state index is 14.6. The molecule has 4 aromatic rings. The number of hydrogen-bond donors (Lipinski definition) is 1. The van der Waals surface area contributed by atoms with E-state index in [4.69, 9.17) is 10.1 Å². The van der Waals surface area contributed by atoms with Crippen molar-refractivity contribution < 1.29 is 8.78 Å². The summed E-state index contributed by atoms with van der Waals surface area (Å²) in [7, 11) is 0. The lowest BCUT2D eigenvalue weighted by atomic mass is 9.89. The van der Waals surface area contributed by atoms with Crippen molar-refractivity contribution in [3.8, 4) is 11.1 Å². The summed E-state index contributed by atoms with van der Waals surface area (Å²) in [5.74, 6) is -0.0642. The van der Waals surface area contributed by atoms with E-state index in [9.17, 15) is 8.78 Å². The second-order valence-corrected chi connectivity index (χ2v) is 10.6. The number of pyridine rings is 2. The highest BCUT2D eigenvalue weighted by molar-refractivity contribution is 5.91. The van der Waals surface area contributed by atoms with Gasteiger partial charge in [0.05, 0.1) is 29.3 Å². The molecule has 36 heavy (non-hydrogen) atoms. The molecule has 0 aliphatic carbocycles. The molecule has 0 spiro atoms. The van der Waals surface area contributed by atoms with E-state index in [0.29, 0.717) is 11.6 Å². The maximum Gasteiger partial charge on any atom is 0.129 e. The molecule has 6 rings (SSSR count). The molecular formula is C28H30F2N6. The van der Waals surface area contributed by atoms with Crippen LogP contribution in [-0.2, 0) is 0 Å². The summed E-state index contributed by atoms with van der Waals surface area (Å²) >= 11 is 0. The lowest BCUT2D eigenvalue weighted by Crippen LogP contribution is -2.46. The zero-order valence-electron chi connectivity index (χ0n) is 20.6. The Morgan fingerprint density at radius 3 is 2.83 bits per heavy atom. The van der Waals surface area contributed by atoms with E-state index in [2.05, 4.69) is 39.9 Å². The van der Waals surface area contributed by atoms with Crippen molar-refractivity contribution in [2.75, 3.05) is 18.0 Å². The summed E-state index contributed by atoms with van der Waals surface area (Å²) in [6, 6.07) is 9.62. The smallest absolute Gasteiger partial charge is 0.129 e. The van der Waals surface area contributed by atoms with Crippen LogP contribution in [0, 0.1) is 11.6 Å². The summed E-state index contributed by atoms with van der Waals surface area (Å²) in [5.41, 5.74) is 4.01. The molecule has 1 unspecified atom stereocenters. The van der Waals surface area contributed by atoms with Crippen molar-refractivity contribution in [2.24, 2.45) is 0 Å². The largest absolute Gasteiger partial charge is 0.349 e. The van der Waals surface area contributed by atoms with Gasteiger partial charge in [-0.25, -0.2) is 13.8 Å². The molecule has 2 saturated heterocycles. The van der Waals surface area contributed by atoms with E-state index in [1.54, 1.807) is 6.20 Å². The van der Waals surface area contributed by atoms with Gasteiger partial charge in [0.25, 0.3) is 0 Å². The number of rotatable bonds is 4. The normalized spacial score (nSPS) is 21.8. The second-order valence-electron chi connectivity index (χ2n) is 10.6. The number of hydrogen-bond acceptors (Lipinski definition) is 5. The summed E-state index contributed by atoms with van der Waals surface area (Å²) < 4.78 is 30.6. The van der Waals surface area contributed by atoms with E-state index in [0.717, 1.165) is 72.8 Å². The highest BCUT2D eigenvalue weighted by atomic mass is 19.1. The van der Waals surface area contributed by atoms with Crippen LogP contribution in [0.3, 0.4) is 0 Å². The predicted molar refractivity (Wildman–Crippen MR) is 137 cm³/mol. The number of halogens is 2. The fourth-order valence-corrected chi connectivity index (χ4v) is 5.79. The number of benzene rings is 1. The molecule has 5 heterocycles. The van der Waals surface area contributed by atoms with E-state index in [1.165, 1.54) is 12.1 Å². The molecule has 186 valence electrons. The minimum Gasteiger partial charge on any atom is -0.349 e. The molecule has 2 fully saturated rings. The van der Waals surface area contributed by atoms with E-state index in [-0.39, 0.29) is 17.4 Å². The van der Waals surface area contributed by atoms with Crippen LogP contribution >= 0.6 is 0 Å². The molecule has 2 aliphatic heterocycles. The Hall–Kier alpha value is -3.39. The first-order valence-electron chi connectivity index (χ1n) is 12.6. The first-order valence-corrected chi connectivity index (χ1v) is 12.6. The predicted octanol–water partition coefficient (Wildman–Crippen LogP) is 5.82. The average Bonchev–Trinajstić information content (AvgIpc) is 3.55. The minimum absolute atomic E-state index is 0.0856. The Labute approximate surface area is 209 Å². The molecule has 0 radical (unpaired) electrons. The Morgan fingerprint density at radius 1 is 1.08 bits per heavy atom. The molecule has 0 saturated carbocycles. The van der Waals surface area contributed by atoms with Gasteiger partial charge in [-0.1, -0.05) is 0 Å². The van der Waals surface area contributed by atoms with E-state index in [1.807, 2.05) is 24.4 Å². The SMILES string of the molecule is CC1(C)CC(n2cc(-c3ccnc4ccc(N5CCC[C@@H]5c5cc(F)ccc5F)nc34)cn2)CCN1. The lowest BCUT2D eigenvalue weighted by Gasteiger charge is -2.36. The average molecular weight is 489 g/mol. The monoisotopic (exact) mass is 488 g/mol. The Balaban J connectivity index is 1.36. The first-order chi connectivity index (χ1) is 17.4. The molecule has 3 aromatic heterocycles. The number of piperidine rings is 1. The third-order valence-corrected chi connectivity index (χ3v) is 7.55. The highest BCUT2D eigenvalue weighted by Crippen LogP contribution is 2.38. The molecular weight excluding hydrogens is 458 g/mol. The van der Waals surface area contributed by atoms with Crippen molar-refractivity contribution >= 4 is 16.9 Å². The molecule has 1 N–H and O–H groups in total. The number of aromatic nitrogens is 4. The van der Waals surface area contributed by atoms with Crippen molar-refractivity contribution in [3.63, 3.8) is 0 Å². The fourth-order valence-electron chi connectivity index (χ4n) is 5.79. The molecule has 8 heteroatoms. The summed E-state index contributed by atoms with van der Waals surface area (Å²) in [4.78, 5) is 11.6. The van der Waals surface area contributed by atoms with Gasteiger partial charge in [-0.3, -0.25) is 9.67 Å². The van der Waals surface area contributed by atoms with Crippen LogP contribution < -0.4 is 10.2 Å². The van der Waals surface area contributed by atoms with Crippen LogP contribution in [0.4, 0.5) is 14.6 Å². The zero-order valence-corrected chi connectivity index (χ0v) is 20.6. The molecule has 2 atom stereocenters. The van der Waals surface area contributed by atoms with Gasteiger partial charge in [-0.15, -0.1) is 0 Å². The van der Waals surface area contributed by atoms with Crippen molar-refractivity contribution in [1.29, 1.82) is 0 Å². The van der Waals surface area contributed by atoms with Crippen LogP contribution in [0.5, 0.6) is 0 Å². The Morgan fingerprint density at radius 2 is 1.97 bits per heavy atom. The second kappa shape index (κ2) is 8.92. The number of nitrogens with zero attached hydrogens (tertiary/aromatic N) is 5. The summed E-state index contributed by atoms with van der Waals surface area (Å²) in [6.45, 7) is 6.16. The number of fused-ring (bicyclic) bond motifs is 1. The summed E-state index contributed by atoms with van der Waals surface area (Å²) in [5, 5.41) is 8.28. The third kappa shape index (κ3) is 4.23. The van der Waals surface area contributed by atoms with Gasteiger partial charge in [0, 0.05) is 41.2 Å². The summed E-state index contributed by atoms with van der Waals surface area (Å²) in [6.07, 6.45) is 9.50. The lowest BCUT2D eigenvalue weighted by molar-refractivity contribution is 0.221. The van der Waals surface area contributed by atoms with Gasteiger partial charge < -0.3 is 10.2 Å². The maximum absolute atomic E-state index is 14.6. The molecule has 6 nitrogen and oxygen atoms in total. The quantitative estimate of drug-likeness (QED) is 0.393. The minimum atomic E-state index is -0.426. The van der Waals surface area contributed by atoms with E-state index < -0.39 is 5.82 Å². The van der Waals surface area contributed by atoms with Crippen LogP contribution in [-0.4, -0.2) is 38.4 Å². The fraction of sp³-hybridized carbons (Fsp3) is 0.393. The van der Waals surface area contributed by atoms with E-state index >= 15 is 0 Å². The topological polar surface area (TPSA) is 58.9 Å². The Bertz CT molecular complexity index is 1410. The third-order valence-electron chi connectivity index (χ3n) is 7.55. The van der Waals surface area contributed by atoms with Crippen molar-refractivity contribution in [2.45, 2.75) is 57.2 Å². The first kappa shape index (κ1) is 23.0. The zero-order chi connectivity index (χ0) is 24.9. The van der Waals surface area contributed by atoms with Gasteiger partial charge in [0.1, 0.15) is 17.5 Å². The molecule has 0 bridgehead atoms.